The Bertz CT molecular complexity index is 935. The molecule has 0 spiro atoms. The van der Waals surface area contributed by atoms with E-state index in [4.69, 9.17) is 23.2 Å². The highest BCUT2D eigenvalue weighted by Crippen LogP contribution is 2.22. The van der Waals surface area contributed by atoms with Crippen LogP contribution >= 0.6 is 23.2 Å². The molecule has 0 fully saturated rings. The number of amides is 2. The van der Waals surface area contributed by atoms with Crippen molar-refractivity contribution >= 4 is 40.6 Å². The van der Waals surface area contributed by atoms with Crippen molar-refractivity contribution in [1.82, 2.24) is 9.78 Å². The molecular formula is C19H18Cl2N4O. The van der Waals surface area contributed by atoms with Crippen LogP contribution in [0.15, 0.2) is 48.5 Å². The second kappa shape index (κ2) is 7.81. The van der Waals surface area contributed by atoms with Crippen LogP contribution in [0.4, 0.5) is 16.2 Å². The van der Waals surface area contributed by atoms with Gasteiger partial charge in [0, 0.05) is 15.7 Å². The number of carbonyl (C=O) groups excluding carboxylic acids is 1. The molecule has 0 aliphatic rings. The van der Waals surface area contributed by atoms with Gasteiger partial charge in [-0.05, 0) is 49.7 Å². The lowest BCUT2D eigenvalue weighted by atomic mass is 10.2. The summed E-state index contributed by atoms with van der Waals surface area (Å²) in [6.45, 7) is 4.38. The first-order valence-corrected chi connectivity index (χ1v) is 8.80. The minimum Gasteiger partial charge on any atom is -0.308 e. The molecule has 2 N–H and O–H groups in total. The van der Waals surface area contributed by atoms with Crippen LogP contribution in [0, 0.1) is 13.8 Å². The predicted octanol–water partition coefficient (Wildman–Crippen LogP) is 5.50. The summed E-state index contributed by atoms with van der Waals surface area (Å²) in [4.78, 5) is 12.3. The SMILES string of the molecule is Cc1nn(Cc2ccc(Cl)cc2)c(C)c1NC(=O)Nc1cccc(Cl)c1. The lowest BCUT2D eigenvalue weighted by molar-refractivity contribution is 0.262. The van der Waals surface area contributed by atoms with Crippen molar-refractivity contribution in [2.24, 2.45) is 0 Å². The summed E-state index contributed by atoms with van der Waals surface area (Å²) in [5, 5.41) is 11.4. The fourth-order valence-corrected chi connectivity index (χ4v) is 2.95. The summed E-state index contributed by atoms with van der Waals surface area (Å²) >= 11 is 11.9. The molecule has 0 aliphatic carbocycles. The van der Waals surface area contributed by atoms with Crippen LogP contribution in [-0.4, -0.2) is 15.8 Å². The largest absolute Gasteiger partial charge is 0.323 e. The maximum atomic E-state index is 12.3. The number of hydrogen-bond donors (Lipinski definition) is 2. The van der Waals surface area contributed by atoms with Crippen molar-refractivity contribution < 1.29 is 4.79 Å². The molecule has 0 atom stereocenters. The number of aryl methyl sites for hydroxylation is 1. The van der Waals surface area contributed by atoms with E-state index in [1.165, 1.54) is 0 Å². The summed E-state index contributed by atoms with van der Waals surface area (Å²) in [5.41, 5.74) is 4.02. The Hall–Kier alpha value is -2.50. The van der Waals surface area contributed by atoms with Gasteiger partial charge in [-0.25, -0.2) is 4.79 Å². The number of urea groups is 1. The molecule has 0 aliphatic heterocycles. The highest BCUT2D eigenvalue weighted by atomic mass is 35.5. The summed E-state index contributed by atoms with van der Waals surface area (Å²) in [5.74, 6) is 0. The van der Waals surface area contributed by atoms with Crippen LogP contribution < -0.4 is 10.6 Å². The average Bonchev–Trinajstić information content (AvgIpc) is 2.84. The van der Waals surface area contributed by atoms with Crippen molar-refractivity contribution in [3.63, 3.8) is 0 Å². The zero-order valence-corrected chi connectivity index (χ0v) is 15.9. The summed E-state index contributed by atoms with van der Waals surface area (Å²) < 4.78 is 1.85. The molecule has 0 unspecified atom stereocenters. The van der Waals surface area contributed by atoms with Crippen LogP contribution in [0.5, 0.6) is 0 Å². The number of benzene rings is 2. The van der Waals surface area contributed by atoms with Crippen LogP contribution in [0.3, 0.4) is 0 Å². The average molecular weight is 389 g/mol. The second-order valence-corrected chi connectivity index (χ2v) is 6.79. The lowest BCUT2D eigenvalue weighted by Gasteiger charge is -2.09. The Labute approximate surface area is 161 Å². The maximum Gasteiger partial charge on any atom is 0.323 e. The number of carbonyl (C=O) groups is 1. The van der Waals surface area contributed by atoms with Gasteiger partial charge in [-0.15, -0.1) is 0 Å². The van der Waals surface area contributed by atoms with Crippen molar-refractivity contribution in [3.8, 4) is 0 Å². The smallest absolute Gasteiger partial charge is 0.308 e. The van der Waals surface area contributed by atoms with E-state index < -0.39 is 0 Å². The van der Waals surface area contributed by atoms with E-state index in [1.54, 1.807) is 24.3 Å². The number of hydrogen-bond acceptors (Lipinski definition) is 2. The van der Waals surface area contributed by atoms with E-state index in [9.17, 15) is 4.79 Å². The number of rotatable bonds is 4. The monoisotopic (exact) mass is 388 g/mol. The maximum absolute atomic E-state index is 12.3. The molecule has 1 aromatic heterocycles. The number of anilines is 2. The molecule has 2 aromatic carbocycles. The quantitative estimate of drug-likeness (QED) is 0.619. The normalized spacial score (nSPS) is 10.6. The van der Waals surface area contributed by atoms with Gasteiger partial charge in [0.15, 0.2) is 0 Å². The molecule has 134 valence electrons. The number of nitrogens with one attached hydrogen (secondary N) is 2. The van der Waals surface area contributed by atoms with E-state index in [0.717, 1.165) is 17.0 Å². The first-order chi connectivity index (χ1) is 12.4. The Morgan fingerprint density at radius 1 is 1.04 bits per heavy atom. The number of halogens is 2. The molecule has 7 heteroatoms. The summed E-state index contributed by atoms with van der Waals surface area (Å²) in [7, 11) is 0. The minimum atomic E-state index is -0.343. The standard InChI is InChI=1S/C19H18Cl2N4O/c1-12-18(23-19(26)22-17-5-3-4-16(21)10-17)13(2)25(24-12)11-14-6-8-15(20)9-7-14/h3-10H,11H2,1-2H3,(H2,22,23,26). The van der Waals surface area contributed by atoms with Crippen molar-refractivity contribution in [1.29, 1.82) is 0 Å². The topological polar surface area (TPSA) is 59.0 Å². The summed E-state index contributed by atoms with van der Waals surface area (Å²) in [6, 6.07) is 14.2. The van der Waals surface area contributed by atoms with Crippen LogP contribution in [0.2, 0.25) is 10.0 Å². The van der Waals surface area contributed by atoms with E-state index in [0.29, 0.717) is 28.0 Å². The van der Waals surface area contributed by atoms with Crippen molar-refractivity contribution in [3.05, 3.63) is 75.5 Å². The third-order valence-corrected chi connectivity index (χ3v) is 4.44. The minimum absolute atomic E-state index is 0.343. The van der Waals surface area contributed by atoms with Gasteiger partial charge in [0.25, 0.3) is 0 Å². The molecular weight excluding hydrogens is 371 g/mol. The Morgan fingerprint density at radius 3 is 2.46 bits per heavy atom. The predicted molar refractivity (Wildman–Crippen MR) is 106 cm³/mol. The van der Waals surface area contributed by atoms with Crippen LogP contribution in [0.25, 0.3) is 0 Å². The first kappa shape index (κ1) is 18.3. The Balaban J connectivity index is 1.73. The van der Waals surface area contributed by atoms with Gasteiger partial charge in [-0.1, -0.05) is 41.4 Å². The van der Waals surface area contributed by atoms with Crippen LogP contribution in [0.1, 0.15) is 17.0 Å². The molecule has 3 rings (SSSR count). The van der Waals surface area contributed by atoms with Gasteiger partial charge in [-0.2, -0.15) is 5.10 Å². The van der Waals surface area contributed by atoms with Gasteiger partial charge < -0.3 is 10.6 Å². The van der Waals surface area contributed by atoms with Crippen LogP contribution in [-0.2, 0) is 6.54 Å². The molecule has 0 saturated carbocycles. The molecule has 3 aromatic rings. The molecule has 2 amide bonds. The Morgan fingerprint density at radius 2 is 1.77 bits per heavy atom. The van der Waals surface area contributed by atoms with E-state index in [1.807, 2.05) is 42.8 Å². The van der Waals surface area contributed by atoms with E-state index >= 15 is 0 Å². The van der Waals surface area contributed by atoms with Gasteiger partial charge >= 0.3 is 6.03 Å². The van der Waals surface area contributed by atoms with E-state index in [-0.39, 0.29) is 6.03 Å². The van der Waals surface area contributed by atoms with Gasteiger partial charge in [0.1, 0.15) is 0 Å². The molecule has 5 nitrogen and oxygen atoms in total. The lowest BCUT2D eigenvalue weighted by Crippen LogP contribution is -2.20. The first-order valence-electron chi connectivity index (χ1n) is 8.04. The fraction of sp³-hybridized carbons (Fsp3) is 0.158. The third-order valence-electron chi connectivity index (χ3n) is 3.95. The third kappa shape index (κ3) is 4.36. The molecule has 0 saturated heterocycles. The Kier molecular flexibility index (Phi) is 5.49. The van der Waals surface area contributed by atoms with Crippen molar-refractivity contribution in [2.75, 3.05) is 10.6 Å². The number of aromatic nitrogens is 2. The molecule has 0 bridgehead atoms. The van der Waals surface area contributed by atoms with Gasteiger partial charge in [0.2, 0.25) is 0 Å². The van der Waals surface area contributed by atoms with E-state index in [2.05, 4.69) is 15.7 Å². The fourth-order valence-electron chi connectivity index (χ4n) is 2.64. The van der Waals surface area contributed by atoms with Crippen molar-refractivity contribution in [2.45, 2.75) is 20.4 Å². The highest BCUT2D eigenvalue weighted by molar-refractivity contribution is 6.31. The van der Waals surface area contributed by atoms with Gasteiger partial charge in [-0.3, -0.25) is 4.68 Å². The zero-order valence-electron chi connectivity index (χ0n) is 14.4. The summed E-state index contributed by atoms with van der Waals surface area (Å²) in [6.07, 6.45) is 0. The van der Waals surface area contributed by atoms with Gasteiger partial charge in [0.05, 0.1) is 23.6 Å². The second-order valence-electron chi connectivity index (χ2n) is 5.92. The molecule has 26 heavy (non-hydrogen) atoms. The molecule has 1 heterocycles. The number of nitrogens with zero attached hydrogens (tertiary/aromatic N) is 2. The highest BCUT2D eigenvalue weighted by Gasteiger charge is 2.14. The molecule has 0 radical (unpaired) electrons. The zero-order chi connectivity index (χ0) is 18.7.